The molecule has 2 rings (SSSR count). The number of aryl methyl sites for hydroxylation is 1. The molecule has 3 nitrogen and oxygen atoms in total. The van der Waals surface area contributed by atoms with Gasteiger partial charge in [-0.3, -0.25) is 0 Å². The largest absolute Gasteiger partial charge is 0.396 e. The summed E-state index contributed by atoms with van der Waals surface area (Å²) in [7, 11) is 0. The molecule has 1 aromatic heterocycles. The number of anilines is 1. The standard InChI is InChI=1S/C10H10ClN3/c1-7-10(12)6-14(13-7)9-4-2-3-8(11)5-9/h2-6H,12H2,1H3. The lowest BCUT2D eigenvalue weighted by atomic mass is 10.3. The van der Waals surface area contributed by atoms with Crippen LogP contribution in [0, 0.1) is 6.92 Å². The van der Waals surface area contributed by atoms with Crippen LogP contribution in [-0.2, 0) is 0 Å². The van der Waals surface area contributed by atoms with Crippen LogP contribution < -0.4 is 5.73 Å². The molecule has 0 saturated heterocycles. The fourth-order valence-electron chi connectivity index (χ4n) is 1.22. The van der Waals surface area contributed by atoms with Crippen LogP contribution in [0.25, 0.3) is 5.69 Å². The summed E-state index contributed by atoms with van der Waals surface area (Å²) >= 11 is 5.87. The highest BCUT2D eigenvalue weighted by Crippen LogP contribution is 2.16. The summed E-state index contributed by atoms with van der Waals surface area (Å²) in [5.41, 5.74) is 8.12. The van der Waals surface area contributed by atoms with Gasteiger partial charge in [0.05, 0.1) is 23.3 Å². The van der Waals surface area contributed by atoms with Crippen molar-refractivity contribution in [3.63, 3.8) is 0 Å². The normalized spacial score (nSPS) is 10.4. The van der Waals surface area contributed by atoms with Gasteiger partial charge in [-0.1, -0.05) is 17.7 Å². The molecule has 0 fully saturated rings. The number of benzene rings is 1. The summed E-state index contributed by atoms with van der Waals surface area (Å²) in [6, 6.07) is 7.47. The lowest BCUT2D eigenvalue weighted by molar-refractivity contribution is 0.863. The molecule has 2 aromatic rings. The van der Waals surface area contributed by atoms with Gasteiger partial charge in [-0.05, 0) is 25.1 Å². The lowest BCUT2D eigenvalue weighted by Gasteiger charge is -2.00. The topological polar surface area (TPSA) is 43.8 Å². The smallest absolute Gasteiger partial charge is 0.0827 e. The highest BCUT2D eigenvalue weighted by Gasteiger charge is 2.02. The highest BCUT2D eigenvalue weighted by atomic mass is 35.5. The Morgan fingerprint density at radius 3 is 2.79 bits per heavy atom. The van der Waals surface area contributed by atoms with Crippen molar-refractivity contribution < 1.29 is 0 Å². The van der Waals surface area contributed by atoms with Crippen molar-refractivity contribution in [2.45, 2.75) is 6.92 Å². The van der Waals surface area contributed by atoms with E-state index in [0.717, 1.165) is 11.4 Å². The minimum Gasteiger partial charge on any atom is -0.396 e. The molecule has 0 aliphatic heterocycles. The molecule has 4 heteroatoms. The van der Waals surface area contributed by atoms with E-state index in [2.05, 4.69) is 5.10 Å². The van der Waals surface area contributed by atoms with Gasteiger partial charge in [0, 0.05) is 5.02 Å². The number of nitrogens with zero attached hydrogens (tertiary/aromatic N) is 2. The SMILES string of the molecule is Cc1nn(-c2cccc(Cl)c2)cc1N. The quantitative estimate of drug-likeness (QED) is 0.781. The van der Waals surface area contributed by atoms with Gasteiger partial charge in [-0.25, -0.2) is 4.68 Å². The van der Waals surface area contributed by atoms with Crippen molar-refractivity contribution in [1.82, 2.24) is 9.78 Å². The van der Waals surface area contributed by atoms with Crippen molar-refractivity contribution >= 4 is 17.3 Å². The van der Waals surface area contributed by atoms with Crippen molar-refractivity contribution in [1.29, 1.82) is 0 Å². The Hall–Kier alpha value is -1.48. The first-order valence-electron chi connectivity index (χ1n) is 4.24. The maximum atomic E-state index is 5.87. The minimum absolute atomic E-state index is 0.685. The predicted molar refractivity (Wildman–Crippen MR) is 57.7 cm³/mol. The molecule has 72 valence electrons. The van der Waals surface area contributed by atoms with Crippen LogP contribution >= 0.6 is 11.6 Å². The first kappa shape index (κ1) is 9.09. The fraction of sp³-hybridized carbons (Fsp3) is 0.100. The number of aromatic nitrogens is 2. The molecule has 14 heavy (non-hydrogen) atoms. The minimum atomic E-state index is 0.685. The zero-order valence-electron chi connectivity index (χ0n) is 7.74. The number of nitrogen functional groups attached to an aromatic ring is 1. The molecular formula is C10H10ClN3. The Bertz CT molecular complexity index is 443. The Labute approximate surface area is 87.1 Å². The van der Waals surface area contributed by atoms with Gasteiger partial charge in [-0.15, -0.1) is 0 Å². The molecule has 1 heterocycles. The molecule has 0 aliphatic rings. The number of halogens is 1. The van der Waals surface area contributed by atoms with Gasteiger partial charge in [0.25, 0.3) is 0 Å². The molecule has 0 atom stereocenters. The second kappa shape index (κ2) is 3.35. The number of nitrogens with two attached hydrogens (primary N) is 1. The first-order chi connectivity index (χ1) is 6.66. The van der Waals surface area contributed by atoms with Gasteiger partial charge < -0.3 is 5.73 Å². The number of hydrogen-bond acceptors (Lipinski definition) is 2. The molecule has 0 amide bonds. The summed E-state index contributed by atoms with van der Waals surface area (Å²) in [6.07, 6.45) is 1.78. The van der Waals surface area contributed by atoms with Gasteiger partial charge in [-0.2, -0.15) is 5.10 Å². The van der Waals surface area contributed by atoms with Crippen LogP contribution in [-0.4, -0.2) is 9.78 Å². The van der Waals surface area contributed by atoms with Crippen LogP contribution in [0.5, 0.6) is 0 Å². The first-order valence-corrected chi connectivity index (χ1v) is 4.62. The summed E-state index contributed by atoms with van der Waals surface area (Å²) in [5.74, 6) is 0. The van der Waals surface area contributed by atoms with E-state index < -0.39 is 0 Å². The maximum Gasteiger partial charge on any atom is 0.0827 e. The third-order valence-corrected chi connectivity index (χ3v) is 2.24. The maximum absolute atomic E-state index is 5.87. The molecule has 0 radical (unpaired) electrons. The van der Waals surface area contributed by atoms with E-state index >= 15 is 0 Å². The van der Waals surface area contributed by atoms with Gasteiger partial charge >= 0.3 is 0 Å². The Morgan fingerprint density at radius 1 is 1.43 bits per heavy atom. The van der Waals surface area contributed by atoms with Gasteiger partial charge in [0.2, 0.25) is 0 Å². The van der Waals surface area contributed by atoms with E-state index in [1.54, 1.807) is 10.9 Å². The van der Waals surface area contributed by atoms with E-state index in [-0.39, 0.29) is 0 Å². The molecule has 0 spiro atoms. The summed E-state index contributed by atoms with van der Waals surface area (Å²) in [6.45, 7) is 1.87. The molecule has 1 aromatic carbocycles. The van der Waals surface area contributed by atoms with E-state index in [4.69, 9.17) is 17.3 Å². The van der Waals surface area contributed by atoms with Crippen molar-refractivity contribution in [2.24, 2.45) is 0 Å². The zero-order valence-corrected chi connectivity index (χ0v) is 8.49. The van der Waals surface area contributed by atoms with E-state index in [0.29, 0.717) is 10.7 Å². The highest BCUT2D eigenvalue weighted by molar-refractivity contribution is 6.30. The molecular weight excluding hydrogens is 198 g/mol. The molecule has 2 N–H and O–H groups in total. The number of rotatable bonds is 1. The van der Waals surface area contributed by atoms with Crippen LogP contribution in [0.4, 0.5) is 5.69 Å². The van der Waals surface area contributed by atoms with Gasteiger partial charge in [0.1, 0.15) is 0 Å². The van der Waals surface area contributed by atoms with Crippen LogP contribution in [0.15, 0.2) is 30.5 Å². The second-order valence-corrected chi connectivity index (χ2v) is 3.53. The predicted octanol–water partition coefficient (Wildman–Crippen LogP) is 2.42. The molecule has 0 unspecified atom stereocenters. The van der Waals surface area contributed by atoms with Crippen LogP contribution in [0.3, 0.4) is 0 Å². The number of hydrogen-bond donors (Lipinski definition) is 1. The molecule has 0 saturated carbocycles. The third kappa shape index (κ3) is 1.59. The average molecular weight is 208 g/mol. The average Bonchev–Trinajstić information content (AvgIpc) is 2.47. The van der Waals surface area contributed by atoms with E-state index in [1.807, 2.05) is 31.2 Å². The van der Waals surface area contributed by atoms with Crippen molar-refractivity contribution in [2.75, 3.05) is 5.73 Å². The third-order valence-electron chi connectivity index (χ3n) is 2.01. The van der Waals surface area contributed by atoms with Gasteiger partial charge in [0.15, 0.2) is 0 Å². The summed E-state index contributed by atoms with van der Waals surface area (Å²) in [4.78, 5) is 0. The van der Waals surface area contributed by atoms with Crippen LogP contribution in [0.1, 0.15) is 5.69 Å². The monoisotopic (exact) mass is 207 g/mol. The summed E-state index contributed by atoms with van der Waals surface area (Å²) in [5, 5.41) is 4.94. The van der Waals surface area contributed by atoms with E-state index in [9.17, 15) is 0 Å². The molecule has 0 aliphatic carbocycles. The van der Waals surface area contributed by atoms with Crippen molar-refractivity contribution in [3.8, 4) is 5.69 Å². The fourth-order valence-corrected chi connectivity index (χ4v) is 1.41. The van der Waals surface area contributed by atoms with Crippen molar-refractivity contribution in [3.05, 3.63) is 41.2 Å². The Morgan fingerprint density at radius 2 is 2.21 bits per heavy atom. The van der Waals surface area contributed by atoms with E-state index in [1.165, 1.54) is 0 Å². The second-order valence-electron chi connectivity index (χ2n) is 3.09. The zero-order chi connectivity index (χ0) is 10.1. The Balaban J connectivity index is 2.49. The summed E-state index contributed by atoms with van der Waals surface area (Å²) < 4.78 is 1.72. The Kier molecular flexibility index (Phi) is 2.17. The lowest BCUT2D eigenvalue weighted by Crippen LogP contribution is -1.94. The molecule has 0 bridgehead atoms. The van der Waals surface area contributed by atoms with Crippen LogP contribution in [0.2, 0.25) is 5.02 Å².